The molecule has 0 aliphatic carbocycles. The van der Waals surface area contributed by atoms with Gasteiger partial charge in [0.15, 0.2) is 0 Å². The second-order valence-electron chi connectivity index (χ2n) is 8.09. The molecule has 1 N–H and O–H groups in total. The van der Waals surface area contributed by atoms with Crippen molar-refractivity contribution in [1.29, 1.82) is 0 Å². The van der Waals surface area contributed by atoms with Gasteiger partial charge in [0.1, 0.15) is 11.6 Å². The SMILES string of the molecule is COc1cccc(-c2noc(C3=C(C)N(CC(C)C)C(=O)NC3c3ccc(F)cc3)n2)c1. The van der Waals surface area contributed by atoms with E-state index in [0.717, 1.165) is 16.8 Å². The van der Waals surface area contributed by atoms with Crippen molar-refractivity contribution in [3.05, 3.63) is 71.5 Å². The maximum absolute atomic E-state index is 13.5. The van der Waals surface area contributed by atoms with Gasteiger partial charge >= 0.3 is 6.03 Å². The van der Waals surface area contributed by atoms with E-state index in [1.807, 2.05) is 45.0 Å². The fourth-order valence-electron chi connectivity index (χ4n) is 3.76. The highest BCUT2D eigenvalue weighted by atomic mass is 19.1. The first-order valence-corrected chi connectivity index (χ1v) is 10.4. The van der Waals surface area contributed by atoms with Gasteiger partial charge in [-0.3, -0.25) is 4.90 Å². The highest BCUT2D eigenvalue weighted by Crippen LogP contribution is 2.37. The van der Waals surface area contributed by atoms with Crippen molar-refractivity contribution >= 4 is 11.6 Å². The fourth-order valence-corrected chi connectivity index (χ4v) is 3.76. The summed E-state index contributed by atoms with van der Waals surface area (Å²) in [5.41, 5.74) is 2.87. The van der Waals surface area contributed by atoms with Gasteiger partial charge in [0.2, 0.25) is 5.82 Å². The van der Waals surface area contributed by atoms with Crippen LogP contribution >= 0.6 is 0 Å². The number of methoxy groups -OCH3 is 1. The molecule has 0 bridgehead atoms. The van der Waals surface area contributed by atoms with E-state index in [2.05, 4.69) is 15.5 Å². The van der Waals surface area contributed by atoms with Crippen molar-refractivity contribution in [2.24, 2.45) is 5.92 Å². The Balaban J connectivity index is 1.80. The molecule has 1 aliphatic rings. The number of benzene rings is 2. The molecule has 0 saturated carbocycles. The Morgan fingerprint density at radius 2 is 1.97 bits per heavy atom. The topological polar surface area (TPSA) is 80.5 Å². The van der Waals surface area contributed by atoms with Gasteiger partial charge in [0, 0.05) is 17.8 Å². The molecule has 4 rings (SSSR count). The second-order valence-corrected chi connectivity index (χ2v) is 8.09. The molecule has 1 aliphatic heterocycles. The van der Waals surface area contributed by atoms with Crippen LogP contribution in [0.2, 0.25) is 0 Å². The molecular weight excluding hydrogens is 411 g/mol. The number of nitrogens with one attached hydrogen (secondary N) is 1. The zero-order valence-electron chi connectivity index (χ0n) is 18.4. The van der Waals surface area contributed by atoms with Crippen LogP contribution in [0, 0.1) is 11.7 Å². The number of hydrogen-bond donors (Lipinski definition) is 1. The summed E-state index contributed by atoms with van der Waals surface area (Å²) in [5.74, 6) is 1.29. The quantitative estimate of drug-likeness (QED) is 0.586. The van der Waals surface area contributed by atoms with Crippen LogP contribution in [0.5, 0.6) is 5.75 Å². The predicted molar refractivity (Wildman–Crippen MR) is 118 cm³/mol. The molecule has 2 aromatic carbocycles. The van der Waals surface area contributed by atoms with Crippen LogP contribution in [0.3, 0.4) is 0 Å². The molecule has 0 fully saturated rings. The van der Waals surface area contributed by atoms with Gasteiger partial charge in [0.25, 0.3) is 5.89 Å². The Morgan fingerprint density at radius 3 is 2.66 bits per heavy atom. The van der Waals surface area contributed by atoms with Gasteiger partial charge in [-0.1, -0.05) is 43.3 Å². The first kappa shape index (κ1) is 21.5. The van der Waals surface area contributed by atoms with Crippen LogP contribution in [0.1, 0.15) is 38.3 Å². The van der Waals surface area contributed by atoms with E-state index in [4.69, 9.17) is 9.26 Å². The van der Waals surface area contributed by atoms with Gasteiger partial charge in [-0.05, 0) is 42.7 Å². The molecule has 1 aromatic heterocycles. The van der Waals surface area contributed by atoms with E-state index >= 15 is 0 Å². The molecule has 2 heterocycles. The lowest BCUT2D eigenvalue weighted by atomic mass is 9.94. The maximum atomic E-state index is 13.5. The zero-order valence-corrected chi connectivity index (χ0v) is 18.4. The molecule has 3 aromatic rings. The average Bonchev–Trinajstić information content (AvgIpc) is 3.26. The van der Waals surface area contributed by atoms with E-state index < -0.39 is 6.04 Å². The third kappa shape index (κ3) is 4.21. The Morgan fingerprint density at radius 1 is 1.22 bits per heavy atom. The highest BCUT2D eigenvalue weighted by Gasteiger charge is 2.36. The van der Waals surface area contributed by atoms with Gasteiger partial charge < -0.3 is 14.6 Å². The van der Waals surface area contributed by atoms with Crippen molar-refractivity contribution in [1.82, 2.24) is 20.4 Å². The Bertz CT molecular complexity index is 1150. The number of ether oxygens (including phenoxy) is 1. The number of carbonyl (C=O) groups excluding carboxylic acids is 1. The third-order valence-corrected chi connectivity index (χ3v) is 5.33. The molecule has 1 atom stereocenters. The third-order valence-electron chi connectivity index (χ3n) is 5.33. The zero-order chi connectivity index (χ0) is 22.8. The Kier molecular flexibility index (Phi) is 5.94. The minimum Gasteiger partial charge on any atom is -0.497 e. The summed E-state index contributed by atoms with van der Waals surface area (Å²) in [4.78, 5) is 19.2. The number of hydrogen-bond acceptors (Lipinski definition) is 5. The fraction of sp³-hybridized carbons (Fsp3) is 0.292. The molecule has 32 heavy (non-hydrogen) atoms. The second kappa shape index (κ2) is 8.82. The molecule has 7 nitrogen and oxygen atoms in total. The van der Waals surface area contributed by atoms with E-state index in [-0.39, 0.29) is 17.8 Å². The minimum absolute atomic E-state index is 0.221. The number of halogens is 1. The Labute approximate surface area is 185 Å². The predicted octanol–water partition coefficient (Wildman–Crippen LogP) is 5.04. The smallest absolute Gasteiger partial charge is 0.322 e. The molecule has 8 heteroatoms. The first-order valence-electron chi connectivity index (χ1n) is 10.4. The van der Waals surface area contributed by atoms with Crippen LogP contribution in [-0.4, -0.2) is 34.7 Å². The summed E-state index contributed by atoms with van der Waals surface area (Å²) in [7, 11) is 1.59. The molecule has 0 saturated heterocycles. The largest absolute Gasteiger partial charge is 0.497 e. The number of amides is 2. The van der Waals surface area contributed by atoms with E-state index in [1.165, 1.54) is 12.1 Å². The van der Waals surface area contributed by atoms with Crippen molar-refractivity contribution in [2.75, 3.05) is 13.7 Å². The normalized spacial score (nSPS) is 16.5. The average molecular weight is 436 g/mol. The Hall–Kier alpha value is -3.68. The van der Waals surface area contributed by atoms with Crippen LogP contribution in [-0.2, 0) is 0 Å². The van der Waals surface area contributed by atoms with Gasteiger partial charge in [0.05, 0.1) is 18.7 Å². The lowest BCUT2D eigenvalue weighted by Gasteiger charge is -2.36. The highest BCUT2D eigenvalue weighted by molar-refractivity contribution is 5.86. The molecule has 2 amide bonds. The van der Waals surface area contributed by atoms with Crippen LogP contribution in [0.25, 0.3) is 17.0 Å². The number of carbonyl (C=O) groups is 1. The lowest BCUT2D eigenvalue weighted by molar-refractivity contribution is 0.199. The standard InChI is InChI=1S/C24H25FN4O3/c1-14(2)13-29-15(3)20(21(26-24(29)30)16-8-10-18(25)11-9-16)23-27-22(28-32-23)17-6-5-7-19(12-17)31-4/h5-12,14,21H,13H2,1-4H3,(H,26,30). The number of rotatable bonds is 6. The maximum Gasteiger partial charge on any atom is 0.322 e. The lowest BCUT2D eigenvalue weighted by Crippen LogP contribution is -2.47. The van der Waals surface area contributed by atoms with E-state index in [9.17, 15) is 9.18 Å². The van der Waals surface area contributed by atoms with Gasteiger partial charge in [-0.25, -0.2) is 9.18 Å². The van der Waals surface area contributed by atoms with Gasteiger partial charge in [-0.2, -0.15) is 4.98 Å². The first-order chi connectivity index (χ1) is 15.4. The monoisotopic (exact) mass is 436 g/mol. The summed E-state index contributed by atoms with van der Waals surface area (Å²) in [6.07, 6.45) is 0. The van der Waals surface area contributed by atoms with Gasteiger partial charge in [-0.15, -0.1) is 0 Å². The van der Waals surface area contributed by atoms with E-state index in [1.54, 1.807) is 24.1 Å². The number of nitrogens with zero attached hydrogens (tertiary/aromatic N) is 3. The van der Waals surface area contributed by atoms with Crippen LogP contribution in [0.4, 0.5) is 9.18 Å². The van der Waals surface area contributed by atoms with Crippen LogP contribution in [0.15, 0.2) is 58.8 Å². The minimum atomic E-state index is -0.551. The number of allylic oxidation sites excluding steroid dienone is 1. The number of urea groups is 1. The van der Waals surface area contributed by atoms with Crippen molar-refractivity contribution in [3.63, 3.8) is 0 Å². The number of aromatic nitrogens is 2. The molecule has 0 radical (unpaired) electrons. The van der Waals surface area contributed by atoms with Crippen LogP contribution < -0.4 is 10.1 Å². The molecule has 0 spiro atoms. The van der Waals surface area contributed by atoms with Crippen molar-refractivity contribution in [2.45, 2.75) is 26.8 Å². The summed E-state index contributed by atoms with van der Waals surface area (Å²) < 4.78 is 24.5. The summed E-state index contributed by atoms with van der Waals surface area (Å²) >= 11 is 0. The van der Waals surface area contributed by atoms with Crippen molar-refractivity contribution < 1.29 is 18.4 Å². The van der Waals surface area contributed by atoms with E-state index in [0.29, 0.717) is 29.6 Å². The summed E-state index contributed by atoms with van der Waals surface area (Å²) in [5, 5.41) is 7.16. The van der Waals surface area contributed by atoms with Crippen molar-refractivity contribution in [3.8, 4) is 17.1 Å². The summed E-state index contributed by atoms with van der Waals surface area (Å²) in [6.45, 7) is 6.48. The molecular formula is C24H25FN4O3. The molecule has 1 unspecified atom stereocenters. The molecule has 166 valence electrons. The summed E-state index contributed by atoms with van der Waals surface area (Å²) in [6, 6.07) is 12.6.